The first-order chi connectivity index (χ1) is 13.2. The molecule has 2 aromatic heterocycles. The number of nitrogens with one attached hydrogen (secondary N) is 1. The quantitative estimate of drug-likeness (QED) is 0.557. The van der Waals surface area contributed by atoms with Crippen LogP contribution in [0, 0.1) is 0 Å². The molecule has 0 radical (unpaired) electrons. The Hall–Kier alpha value is -3.67. The second kappa shape index (κ2) is 7.29. The molecule has 0 aliphatic rings. The maximum atomic E-state index is 12.4. The van der Waals surface area contributed by atoms with Gasteiger partial charge >= 0.3 is 0 Å². The number of likely N-dealkylation sites (N-methyl/N-ethyl adjacent to an activating group) is 1. The lowest BCUT2D eigenvalue weighted by Gasteiger charge is -2.12. The Labute approximate surface area is 156 Å². The molecule has 6 nitrogen and oxygen atoms in total. The highest BCUT2D eigenvalue weighted by atomic mass is 16.2. The molecule has 0 atom stereocenters. The topological polar surface area (TPSA) is 66.8 Å². The molecular weight excluding hydrogens is 338 g/mol. The van der Waals surface area contributed by atoms with Gasteiger partial charge in [-0.15, -0.1) is 0 Å². The molecule has 1 N–H and O–H groups in total. The van der Waals surface area contributed by atoms with Gasteiger partial charge in [-0.25, -0.2) is 9.67 Å². The molecule has 0 fully saturated rings. The van der Waals surface area contributed by atoms with E-state index in [-0.39, 0.29) is 5.91 Å². The van der Waals surface area contributed by atoms with Gasteiger partial charge < -0.3 is 9.88 Å². The van der Waals surface area contributed by atoms with Crippen LogP contribution in [-0.4, -0.2) is 37.6 Å². The van der Waals surface area contributed by atoms with Gasteiger partial charge in [-0.1, -0.05) is 30.3 Å². The summed E-state index contributed by atoms with van der Waals surface area (Å²) in [5.74, 6) is 0.667. The van der Waals surface area contributed by atoms with Gasteiger partial charge in [0.1, 0.15) is 5.82 Å². The molecule has 1 amide bonds. The van der Waals surface area contributed by atoms with Crippen molar-refractivity contribution >= 4 is 23.0 Å². The average Bonchev–Trinajstić information content (AvgIpc) is 3.33. The number of amides is 1. The Bertz CT molecular complexity index is 1060. The summed E-state index contributed by atoms with van der Waals surface area (Å²) in [7, 11) is 1.76. The molecule has 0 spiro atoms. The number of carbonyl (C=O) groups is 1. The van der Waals surface area contributed by atoms with Gasteiger partial charge in [0.15, 0.2) is 0 Å². The molecular formula is C21H19N5O. The van der Waals surface area contributed by atoms with Crippen molar-refractivity contribution in [2.24, 2.45) is 0 Å². The number of hydrogen-bond acceptors (Lipinski definition) is 3. The number of benzene rings is 2. The van der Waals surface area contributed by atoms with Crippen molar-refractivity contribution in [1.29, 1.82) is 0 Å². The van der Waals surface area contributed by atoms with Crippen molar-refractivity contribution in [3.05, 3.63) is 84.5 Å². The summed E-state index contributed by atoms with van der Waals surface area (Å²) in [6.07, 6.45) is 6.94. The number of aromatic nitrogens is 4. The number of imidazole rings is 1. The van der Waals surface area contributed by atoms with Gasteiger partial charge in [0.25, 0.3) is 0 Å². The Kier molecular flexibility index (Phi) is 4.53. The minimum atomic E-state index is -0.0945. The molecule has 0 saturated carbocycles. The van der Waals surface area contributed by atoms with E-state index in [1.807, 2.05) is 60.8 Å². The second-order valence-corrected chi connectivity index (χ2v) is 6.28. The summed E-state index contributed by atoms with van der Waals surface area (Å²) >= 11 is 0. The maximum Gasteiger partial charge on any atom is 0.246 e. The Balaban J connectivity index is 1.41. The summed E-state index contributed by atoms with van der Waals surface area (Å²) in [5, 5.41) is 4.33. The molecule has 6 heteroatoms. The van der Waals surface area contributed by atoms with Gasteiger partial charge in [-0.2, -0.15) is 5.10 Å². The lowest BCUT2D eigenvalue weighted by atomic mass is 10.3. The standard InChI is InChI=1S/C21H19N5O/c1-25(15-20-23-18-9-5-6-10-19(18)24-20)21(27)12-11-16-13-22-26(14-16)17-7-3-2-4-8-17/h2-14H,15H2,1H3,(H,23,24)/b12-11-. The fraction of sp³-hybridized carbons (Fsp3) is 0.0952. The third kappa shape index (κ3) is 3.79. The number of rotatable bonds is 5. The van der Waals surface area contributed by atoms with Gasteiger partial charge in [0.05, 0.1) is 29.5 Å². The van der Waals surface area contributed by atoms with Crippen LogP contribution in [0.4, 0.5) is 0 Å². The predicted molar refractivity (Wildman–Crippen MR) is 105 cm³/mol. The SMILES string of the molecule is CN(Cc1nc2ccccc2[nH]1)C(=O)/C=C\c1cnn(-c2ccccc2)c1. The van der Waals surface area contributed by atoms with E-state index in [4.69, 9.17) is 0 Å². The number of para-hydroxylation sites is 3. The molecule has 4 rings (SSSR count). The average molecular weight is 357 g/mol. The van der Waals surface area contributed by atoms with E-state index in [0.29, 0.717) is 6.54 Å². The van der Waals surface area contributed by atoms with E-state index in [2.05, 4.69) is 15.1 Å². The first-order valence-electron chi connectivity index (χ1n) is 8.66. The van der Waals surface area contributed by atoms with E-state index in [9.17, 15) is 4.79 Å². The number of aromatic amines is 1. The highest BCUT2D eigenvalue weighted by molar-refractivity contribution is 5.91. The zero-order valence-corrected chi connectivity index (χ0v) is 14.9. The predicted octanol–water partition coefficient (Wildman–Crippen LogP) is 3.42. The van der Waals surface area contributed by atoms with E-state index in [1.54, 1.807) is 35.0 Å². The molecule has 134 valence electrons. The molecule has 2 aromatic carbocycles. The highest BCUT2D eigenvalue weighted by Gasteiger charge is 2.09. The zero-order chi connectivity index (χ0) is 18.6. The van der Waals surface area contributed by atoms with Crippen molar-refractivity contribution in [1.82, 2.24) is 24.6 Å². The van der Waals surface area contributed by atoms with Crippen LogP contribution in [0.5, 0.6) is 0 Å². The van der Waals surface area contributed by atoms with Crippen LogP contribution < -0.4 is 0 Å². The fourth-order valence-corrected chi connectivity index (χ4v) is 2.82. The van der Waals surface area contributed by atoms with E-state index in [0.717, 1.165) is 28.1 Å². The summed E-state index contributed by atoms with van der Waals surface area (Å²) in [4.78, 5) is 21.7. The van der Waals surface area contributed by atoms with Crippen LogP contribution in [0.15, 0.2) is 73.1 Å². The minimum absolute atomic E-state index is 0.0945. The summed E-state index contributed by atoms with van der Waals surface area (Å²) in [6, 6.07) is 17.7. The van der Waals surface area contributed by atoms with Crippen molar-refractivity contribution in [2.75, 3.05) is 7.05 Å². The van der Waals surface area contributed by atoms with Crippen molar-refractivity contribution < 1.29 is 4.79 Å². The summed E-state index contributed by atoms with van der Waals surface area (Å²) < 4.78 is 1.78. The first-order valence-corrected chi connectivity index (χ1v) is 8.66. The molecule has 0 bridgehead atoms. The summed E-state index contributed by atoms with van der Waals surface area (Å²) in [6.45, 7) is 0.418. The van der Waals surface area contributed by atoms with Crippen molar-refractivity contribution in [2.45, 2.75) is 6.54 Å². The van der Waals surface area contributed by atoms with Gasteiger partial charge in [0, 0.05) is 24.9 Å². The van der Waals surface area contributed by atoms with Gasteiger partial charge in [-0.3, -0.25) is 4.79 Å². The smallest absolute Gasteiger partial charge is 0.246 e. The Morgan fingerprint density at radius 1 is 1.15 bits per heavy atom. The van der Waals surface area contributed by atoms with Gasteiger partial charge in [-0.05, 0) is 30.3 Å². The fourth-order valence-electron chi connectivity index (χ4n) is 2.82. The first kappa shape index (κ1) is 16.8. The van der Waals surface area contributed by atoms with E-state index in [1.165, 1.54) is 0 Å². The summed E-state index contributed by atoms with van der Waals surface area (Å²) in [5.41, 5.74) is 3.71. The largest absolute Gasteiger partial charge is 0.340 e. The molecule has 2 heterocycles. The van der Waals surface area contributed by atoms with Crippen molar-refractivity contribution in [3.8, 4) is 5.69 Å². The third-order valence-corrected chi connectivity index (χ3v) is 4.24. The molecule has 0 aliphatic carbocycles. The Morgan fingerprint density at radius 3 is 2.74 bits per heavy atom. The number of fused-ring (bicyclic) bond motifs is 1. The highest BCUT2D eigenvalue weighted by Crippen LogP contribution is 2.12. The van der Waals surface area contributed by atoms with E-state index < -0.39 is 0 Å². The minimum Gasteiger partial charge on any atom is -0.340 e. The van der Waals surface area contributed by atoms with Crippen LogP contribution >= 0.6 is 0 Å². The monoisotopic (exact) mass is 357 g/mol. The Morgan fingerprint density at radius 2 is 1.93 bits per heavy atom. The van der Waals surface area contributed by atoms with Crippen LogP contribution in [0.3, 0.4) is 0 Å². The normalized spacial score (nSPS) is 11.3. The molecule has 0 unspecified atom stereocenters. The van der Waals surface area contributed by atoms with Crippen LogP contribution in [0.2, 0.25) is 0 Å². The molecule has 0 saturated heterocycles. The second-order valence-electron chi connectivity index (χ2n) is 6.28. The zero-order valence-electron chi connectivity index (χ0n) is 14.9. The maximum absolute atomic E-state index is 12.4. The lowest BCUT2D eigenvalue weighted by Crippen LogP contribution is -2.24. The molecule has 4 aromatic rings. The molecule has 27 heavy (non-hydrogen) atoms. The number of H-pyrrole nitrogens is 1. The molecule has 0 aliphatic heterocycles. The van der Waals surface area contributed by atoms with Gasteiger partial charge in [0.2, 0.25) is 5.91 Å². The van der Waals surface area contributed by atoms with Crippen LogP contribution in [0.25, 0.3) is 22.8 Å². The number of carbonyl (C=O) groups excluding carboxylic acids is 1. The van der Waals surface area contributed by atoms with Crippen LogP contribution in [-0.2, 0) is 11.3 Å². The third-order valence-electron chi connectivity index (χ3n) is 4.24. The van der Waals surface area contributed by atoms with Crippen molar-refractivity contribution in [3.63, 3.8) is 0 Å². The lowest BCUT2D eigenvalue weighted by molar-refractivity contribution is -0.125. The number of hydrogen-bond donors (Lipinski definition) is 1. The number of nitrogens with zero attached hydrogens (tertiary/aromatic N) is 4. The van der Waals surface area contributed by atoms with E-state index >= 15 is 0 Å². The van der Waals surface area contributed by atoms with Crippen LogP contribution in [0.1, 0.15) is 11.4 Å².